The van der Waals surface area contributed by atoms with Gasteiger partial charge < -0.3 is 4.90 Å². The highest BCUT2D eigenvalue weighted by Gasteiger charge is 2.31. The van der Waals surface area contributed by atoms with E-state index in [0.717, 1.165) is 29.5 Å². The van der Waals surface area contributed by atoms with Gasteiger partial charge in [-0.1, -0.05) is 29.8 Å². The molecule has 1 heterocycles. The van der Waals surface area contributed by atoms with Crippen LogP contribution in [0.25, 0.3) is 0 Å². The third-order valence-corrected chi connectivity index (χ3v) is 4.01. The van der Waals surface area contributed by atoms with Crippen molar-refractivity contribution in [2.75, 3.05) is 11.4 Å². The van der Waals surface area contributed by atoms with E-state index < -0.39 is 0 Å². The van der Waals surface area contributed by atoms with Crippen LogP contribution in [0.1, 0.15) is 26.7 Å². The zero-order chi connectivity index (χ0) is 13.3. The third-order valence-electron chi connectivity index (χ3n) is 3.51. The van der Waals surface area contributed by atoms with Crippen LogP contribution in [0.3, 0.4) is 0 Å². The Kier molecular flexibility index (Phi) is 3.90. The van der Waals surface area contributed by atoms with Crippen LogP contribution in [-0.4, -0.2) is 17.5 Å². The van der Waals surface area contributed by atoms with Crippen molar-refractivity contribution in [1.82, 2.24) is 0 Å². The molecule has 0 radical (unpaired) electrons. The molecule has 0 bridgehead atoms. The molecule has 98 valence electrons. The van der Waals surface area contributed by atoms with Crippen molar-refractivity contribution in [3.05, 3.63) is 32.8 Å². The van der Waals surface area contributed by atoms with Gasteiger partial charge in [0.2, 0.25) is 0 Å². The lowest BCUT2D eigenvalue weighted by molar-refractivity contribution is -0.384. The highest BCUT2D eigenvalue weighted by atomic mass is 79.9. The molecule has 1 aromatic carbocycles. The maximum atomic E-state index is 11.2. The summed E-state index contributed by atoms with van der Waals surface area (Å²) < 4.78 is 0.748. The van der Waals surface area contributed by atoms with Crippen LogP contribution in [0, 0.1) is 16.0 Å². The van der Waals surface area contributed by atoms with E-state index in [0.29, 0.717) is 12.0 Å². The Labute approximate surface area is 115 Å². The first-order valence-electron chi connectivity index (χ1n) is 6.21. The molecule has 0 spiro atoms. The van der Waals surface area contributed by atoms with E-state index in [1.54, 1.807) is 6.07 Å². The SMILES string of the molecule is CC(C)[C@@H]1CCCN1c1ccc(Br)cc1[N+](=O)[O-]. The summed E-state index contributed by atoms with van der Waals surface area (Å²) >= 11 is 3.29. The highest BCUT2D eigenvalue weighted by Crippen LogP contribution is 2.37. The van der Waals surface area contributed by atoms with E-state index in [1.165, 1.54) is 0 Å². The fourth-order valence-corrected chi connectivity index (χ4v) is 3.02. The summed E-state index contributed by atoms with van der Waals surface area (Å²) in [7, 11) is 0. The Hall–Kier alpha value is -1.10. The van der Waals surface area contributed by atoms with Crippen molar-refractivity contribution < 1.29 is 4.92 Å². The van der Waals surface area contributed by atoms with Gasteiger partial charge in [-0.25, -0.2) is 0 Å². The molecule has 18 heavy (non-hydrogen) atoms. The number of halogens is 1. The second-order valence-electron chi connectivity index (χ2n) is 5.04. The van der Waals surface area contributed by atoms with Crippen LogP contribution >= 0.6 is 15.9 Å². The first-order valence-corrected chi connectivity index (χ1v) is 7.00. The first kappa shape index (κ1) is 13.3. The Morgan fingerprint density at radius 1 is 1.50 bits per heavy atom. The number of anilines is 1. The normalized spacial score (nSPS) is 19.6. The van der Waals surface area contributed by atoms with E-state index in [-0.39, 0.29) is 10.6 Å². The summed E-state index contributed by atoms with van der Waals surface area (Å²) in [4.78, 5) is 13.1. The van der Waals surface area contributed by atoms with E-state index in [9.17, 15) is 10.1 Å². The molecule has 1 atom stereocenters. The Morgan fingerprint density at radius 3 is 2.83 bits per heavy atom. The maximum absolute atomic E-state index is 11.2. The van der Waals surface area contributed by atoms with Crippen LogP contribution < -0.4 is 4.90 Å². The summed E-state index contributed by atoms with van der Waals surface area (Å²) in [5.74, 6) is 0.510. The van der Waals surface area contributed by atoms with E-state index in [4.69, 9.17) is 0 Å². The highest BCUT2D eigenvalue weighted by molar-refractivity contribution is 9.10. The monoisotopic (exact) mass is 312 g/mol. The molecule has 1 aliphatic heterocycles. The van der Waals surface area contributed by atoms with Crippen molar-refractivity contribution in [2.45, 2.75) is 32.7 Å². The minimum Gasteiger partial charge on any atom is -0.363 e. The van der Waals surface area contributed by atoms with Crippen LogP contribution in [0.5, 0.6) is 0 Å². The summed E-state index contributed by atoms with van der Waals surface area (Å²) in [6.45, 7) is 5.26. The van der Waals surface area contributed by atoms with Gasteiger partial charge in [0, 0.05) is 23.1 Å². The smallest absolute Gasteiger partial charge is 0.293 e. The summed E-state index contributed by atoms with van der Waals surface area (Å²) in [5.41, 5.74) is 0.941. The van der Waals surface area contributed by atoms with Gasteiger partial charge in [0.15, 0.2) is 0 Å². The number of nitrogens with zero attached hydrogens (tertiary/aromatic N) is 2. The number of nitro groups is 1. The van der Waals surface area contributed by atoms with Crippen LogP contribution in [-0.2, 0) is 0 Å². The van der Waals surface area contributed by atoms with Gasteiger partial charge in [0.05, 0.1) is 4.92 Å². The molecule has 0 aromatic heterocycles. The molecule has 5 heteroatoms. The lowest BCUT2D eigenvalue weighted by Crippen LogP contribution is -2.33. The zero-order valence-corrected chi connectivity index (χ0v) is 12.2. The minimum absolute atomic E-state index is 0.192. The minimum atomic E-state index is -0.296. The van der Waals surface area contributed by atoms with Crippen molar-refractivity contribution in [3.8, 4) is 0 Å². The molecular formula is C13H17BrN2O2. The average Bonchev–Trinajstić information content (AvgIpc) is 2.77. The van der Waals surface area contributed by atoms with Crippen LogP contribution in [0.15, 0.2) is 22.7 Å². The predicted molar refractivity (Wildman–Crippen MR) is 76.0 cm³/mol. The fraction of sp³-hybridized carbons (Fsp3) is 0.538. The lowest BCUT2D eigenvalue weighted by atomic mass is 10.0. The zero-order valence-electron chi connectivity index (χ0n) is 10.6. The van der Waals surface area contributed by atoms with Crippen LogP contribution in [0.4, 0.5) is 11.4 Å². The molecule has 2 rings (SSSR count). The van der Waals surface area contributed by atoms with Gasteiger partial charge in [-0.3, -0.25) is 10.1 Å². The molecule has 1 aliphatic rings. The number of hydrogen-bond acceptors (Lipinski definition) is 3. The van der Waals surface area contributed by atoms with Gasteiger partial charge in [-0.05, 0) is 30.9 Å². The van der Waals surface area contributed by atoms with Gasteiger partial charge in [-0.2, -0.15) is 0 Å². The van der Waals surface area contributed by atoms with Crippen LogP contribution in [0.2, 0.25) is 0 Å². The summed E-state index contributed by atoms with van der Waals surface area (Å²) in [6, 6.07) is 5.72. The number of nitro benzene ring substituents is 1. The lowest BCUT2D eigenvalue weighted by Gasteiger charge is -2.29. The molecule has 0 unspecified atom stereocenters. The van der Waals surface area contributed by atoms with Gasteiger partial charge >= 0.3 is 0 Å². The standard InChI is InChI=1S/C13H17BrN2O2/c1-9(2)11-4-3-7-15(11)12-6-5-10(14)8-13(12)16(17)18/h5-6,8-9,11H,3-4,7H2,1-2H3/t11-/m0/s1. The Balaban J connectivity index is 2.41. The first-order chi connectivity index (χ1) is 8.50. The molecule has 1 saturated heterocycles. The van der Waals surface area contributed by atoms with E-state index >= 15 is 0 Å². The molecule has 0 aliphatic carbocycles. The van der Waals surface area contributed by atoms with E-state index in [1.807, 2.05) is 12.1 Å². The summed E-state index contributed by atoms with van der Waals surface area (Å²) in [6.07, 6.45) is 2.22. The quantitative estimate of drug-likeness (QED) is 0.626. The van der Waals surface area contributed by atoms with E-state index in [2.05, 4.69) is 34.7 Å². The average molecular weight is 313 g/mol. The van der Waals surface area contributed by atoms with Crippen molar-refractivity contribution in [2.24, 2.45) is 5.92 Å². The fourth-order valence-electron chi connectivity index (χ4n) is 2.67. The second kappa shape index (κ2) is 5.26. The predicted octanol–water partition coefficient (Wildman–Crippen LogP) is 3.98. The van der Waals surface area contributed by atoms with Gasteiger partial charge in [0.25, 0.3) is 5.69 Å². The Bertz CT molecular complexity index is 462. The number of hydrogen-bond donors (Lipinski definition) is 0. The van der Waals surface area contributed by atoms with Gasteiger partial charge in [0.1, 0.15) is 5.69 Å². The number of rotatable bonds is 3. The van der Waals surface area contributed by atoms with Gasteiger partial charge in [-0.15, -0.1) is 0 Å². The molecular weight excluding hydrogens is 296 g/mol. The molecule has 4 nitrogen and oxygen atoms in total. The molecule has 1 fully saturated rings. The molecule has 0 amide bonds. The maximum Gasteiger partial charge on any atom is 0.293 e. The van der Waals surface area contributed by atoms with Crippen molar-refractivity contribution in [1.29, 1.82) is 0 Å². The van der Waals surface area contributed by atoms with Crippen molar-refractivity contribution >= 4 is 27.3 Å². The molecule has 1 aromatic rings. The molecule has 0 saturated carbocycles. The Morgan fingerprint density at radius 2 is 2.22 bits per heavy atom. The molecule has 0 N–H and O–H groups in total. The topological polar surface area (TPSA) is 46.4 Å². The second-order valence-corrected chi connectivity index (χ2v) is 5.95. The summed E-state index contributed by atoms with van der Waals surface area (Å²) in [5, 5.41) is 11.2. The largest absolute Gasteiger partial charge is 0.363 e. The third kappa shape index (κ3) is 2.51. The number of benzene rings is 1. The van der Waals surface area contributed by atoms with Crippen molar-refractivity contribution in [3.63, 3.8) is 0 Å².